The smallest absolute Gasteiger partial charge is 0.344 e. The van der Waals surface area contributed by atoms with Gasteiger partial charge in [-0.25, -0.2) is 18.6 Å². The summed E-state index contributed by atoms with van der Waals surface area (Å²) in [4.78, 5) is 16.7. The first-order valence-electron chi connectivity index (χ1n) is 7.36. The van der Waals surface area contributed by atoms with E-state index >= 15 is 0 Å². The van der Waals surface area contributed by atoms with E-state index in [0.717, 1.165) is 6.42 Å². The molecule has 2 N–H and O–H groups in total. The van der Waals surface area contributed by atoms with Gasteiger partial charge in [0.25, 0.3) is 0 Å². The number of nitrogens with one attached hydrogen (secondary N) is 1. The van der Waals surface area contributed by atoms with Crippen LogP contribution in [0.15, 0.2) is 35.4 Å². The van der Waals surface area contributed by atoms with Crippen LogP contribution in [0.4, 0.5) is 8.78 Å². The van der Waals surface area contributed by atoms with Gasteiger partial charge in [-0.1, -0.05) is 24.3 Å². The molecule has 4 nitrogen and oxygen atoms in total. The number of hydrogen-bond donors (Lipinski definition) is 2. The molecule has 0 aliphatic carbocycles. The van der Waals surface area contributed by atoms with E-state index in [1.54, 1.807) is 13.0 Å². The van der Waals surface area contributed by atoms with Crippen LogP contribution in [0.1, 0.15) is 31.7 Å². The van der Waals surface area contributed by atoms with Crippen molar-refractivity contribution in [1.29, 1.82) is 0 Å². The Labute approximate surface area is 132 Å². The van der Waals surface area contributed by atoms with E-state index in [1.165, 1.54) is 30.6 Å². The summed E-state index contributed by atoms with van der Waals surface area (Å²) >= 11 is 0. The number of halogens is 2. The number of nitrogens with zero attached hydrogens (tertiary/aromatic N) is 1. The van der Waals surface area contributed by atoms with Crippen LogP contribution >= 0.6 is 0 Å². The monoisotopic (exact) mass is 320 g/mol. The predicted octanol–water partition coefficient (Wildman–Crippen LogP) is 3.28. The number of H-pyrrole nitrogens is 1. The molecule has 0 fully saturated rings. The second-order valence-electron chi connectivity index (χ2n) is 5.32. The molecule has 0 aliphatic heterocycles. The summed E-state index contributed by atoms with van der Waals surface area (Å²) in [7, 11) is 0. The van der Waals surface area contributed by atoms with E-state index in [1.807, 2.05) is 0 Å². The molecule has 6 heteroatoms. The number of hydrogen-bond acceptors (Lipinski definition) is 3. The Morgan fingerprint density at radius 1 is 1.35 bits per heavy atom. The van der Waals surface area contributed by atoms with Gasteiger partial charge in [-0.2, -0.15) is 0 Å². The van der Waals surface area contributed by atoms with Gasteiger partial charge < -0.3 is 10.1 Å². The lowest BCUT2D eigenvalue weighted by Gasteiger charge is -2.06. The lowest BCUT2D eigenvalue weighted by Crippen LogP contribution is -2.08. The Kier molecular flexibility index (Phi) is 5.76. The second kappa shape index (κ2) is 7.78. The van der Waals surface area contributed by atoms with Gasteiger partial charge in [-0.3, -0.25) is 0 Å². The maximum atomic E-state index is 14.2. The van der Waals surface area contributed by atoms with Crippen molar-refractivity contribution in [3.8, 4) is 11.1 Å². The average molecular weight is 320 g/mol. The zero-order valence-corrected chi connectivity index (χ0v) is 12.7. The number of aromatic nitrogens is 2. The van der Waals surface area contributed by atoms with E-state index < -0.39 is 17.3 Å². The molecular weight excluding hydrogens is 302 g/mol. The molecule has 0 bridgehead atoms. The summed E-state index contributed by atoms with van der Waals surface area (Å²) in [5.41, 5.74) is -0.0574. The number of aromatic amines is 1. The van der Waals surface area contributed by atoms with Gasteiger partial charge in [-0.05, 0) is 26.2 Å². The van der Waals surface area contributed by atoms with Crippen molar-refractivity contribution in [3.05, 3.63) is 58.3 Å². The zero-order chi connectivity index (χ0) is 16.8. The molecule has 0 saturated heterocycles. The van der Waals surface area contributed by atoms with Crippen LogP contribution < -0.4 is 5.69 Å². The van der Waals surface area contributed by atoms with Crippen LogP contribution in [0.25, 0.3) is 17.2 Å². The molecule has 23 heavy (non-hydrogen) atoms. The van der Waals surface area contributed by atoms with E-state index in [2.05, 4.69) is 9.97 Å². The molecule has 1 atom stereocenters. The average Bonchev–Trinajstić information content (AvgIpc) is 2.52. The lowest BCUT2D eigenvalue weighted by atomic mass is 10.0. The summed E-state index contributed by atoms with van der Waals surface area (Å²) in [6.07, 6.45) is 7.52. The number of unbranched alkanes of at least 4 members (excludes halogenated alkanes) is 1. The van der Waals surface area contributed by atoms with Gasteiger partial charge >= 0.3 is 5.69 Å². The van der Waals surface area contributed by atoms with Gasteiger partial charge in [0, 0.05) is 29.1 Å². The van der Waals surface area contributed by atoms with Crippen LogP contribution in [0, 0.1) is 11.6 Å². The Bertz CT molecular complexity index is 734. The van der Waals surface area contributed by atoms with E-state index in [4.69, 9.17) is 5.11 Å². The van der Waals surface area contributed by atoms with Gasteiger partial charge in [0.05, 0.1) is 6.10 Å². The molecular formula is C17H18F2N2O2. The van der Waals surface area contributed by atoms with Crippen molar-refractivity contribution in [2.24, 2.45) is 0 Å². The topological polar surface area (TPSA) is 66.0 Å². The van der Waals surface area contributed by atoms with Gasteiger partial charge in [0.2, 0.25) is 0 Å². The van der Waals surface area contributed by atoms with Gasteiger partial charge in [-0.15, -0.1) is 0 Å². The zero-order valence-electron chi connectivity index (χ0n) is 12.7. The molecule has 122 valence electrons. The highest BCUT2D eigenvalue weighted by atomic mass is 19.2. The van der Waals surface area contributed by atoms with Crippen molar-refractivity contribution in [1.82, 2.24) is 9.97 Å². The highest BCUT2D eigenvalue weighted by Gasteiger charge is 2.13. The largest absolute Gasteiger partial charge is 0.393 e. The van der Waals surface area contributed by atoms with E-state index in [0.29, 0.717) is 18.4 Å². The molecule has 0 spiro atoms. The maximum Gasteiger partial charge on any atom is 0.344 e. The fourth-order valence-corrected chi connectivity index (χ4v) is 2.15. The van der Waals surface area contributed by atoms with Gasteiger partial charge in [0.15, 0.2) is 11.6 Å². The number of rotatable bonds is 6. The second-order valence-corrected chi connectivity index (χ2v) is 5.32. The molecule has 2 rings (SSSR count). The first-order valence-corrected chi connectivity index (χ1v) is 7.36. The molecule has 1 aromatic heterocycles. The van der Waals surface area contributed by atoms with Crippen molar-refractivity contribution in [3.63, 3.8) is 0 Å². The lowest BCUT2D eigenvalue weighted by molar-refractivity contribution is 0.182. The SMILES string of the molecule is CC(O)CCCC=Cc1ccc(-c2cnc(=O)[nH]c2)c(F)c1F. The molecule has 1 unspecified atom stereocenters. The van der Waals surface area contributed by atoms with Crippen LogP contribution in [-0.2, 0) is 0 Å². The normalized spacial score (nSPS) is 12.7. The highest BCUT2D eigenvalue weighted by Crippen LogP contribution is 2.25. The fourth-order valence-electron chi connectivity index (χ4n) is 2.15. The predicted molar refractivity (Wildman–Crippen MR) is 84.8 cm³/mol. The minimum Gasteiger partial charge on any atom is -0.393 e. The molecule has 2 aromatic rings. The summed E-state index contributed by atoms with van der Waals surface area (Å²) in [6, 6.07) is 2.92. The van der Waals surface area contributed by atoms with E-state index in [-0.39, 0.29) is 17.2 Å². The number of aliphatic hydroxyl groups is 1. The fraction of sp³-hybridized carbons (Fsp3) is 0.294. The molecule has 0 amide bonds. The first kappa shape index (κ1) is 17.0. The standard InChI is InChI=1S/C17H18F2N2O2/c1-11(22)5-3-2-4-6-12-7-8-14(16(19)15(12)18)13-9-20-17(23)21-10-13/h4,6-11,22H,2-3,5H2,1H3,(H,20,21,23). The number of benzene rings is 1. The summed E-state index contributed by atoms with van der Waals surface area (Å²) < 4.78 is 28.3. The Morgan fingerprint density at radius 3 is 2.78 bits per heavy atom. The Hall–Kier alpha value is -2.34. The highest BCUT2D eigenvalue weighted by molar-refractivity contribution is 5.65. The van der Waals surface area contributed by atoms with Crippen LogP contribution in [-0.4, -0.2) is 21.2 Å². The summed E-state index contributed by atoms with van der Waals surface area (Å²) in [5.74, 6) is -1.93. The Morgan fingerprint density at radius 2 is 2.13 bits per heavy atom. The van der Waals surface area contributed by atoms with Crippen molar-refractivity contribution < 1.29 is 13.9 Å². The maximum absolute atomic E-state index is 14.2. The number of aliphatic hydroxyl groups excluding tert-OH is 1. The van der Waals surface area contributed by atoms with E-state index in [9.17, 15) is 13.6 Å². The molecule has 0 radical (unpaired) electrons. The van der Waals surface area contributed by atoms with Crippen molar-refractivity contribution >= 4 is 6.08 Å². The van der Waals surface area contributed by atoms with Crippen molar-refractivity contribution in [2.75, 3.05) is 0 Å². The Balaban J connectivity index is 2.15. The molecule has 0 saturated carbocycles. The summed E-state index contributed by atoms with van der Waals surface area (Å²) in [5, 5.41) is 9.14. The molecule has 0 aliphatic rings. The third kappa shape index (κ3) is 4.56. The molecule has 1 aromatic carbocycles. The quantitative estimate of drug-likeness (QED) is 0.803. The third-order valence-electron chi connectivity index (χ3n) is 3.39. The number of allylic oxidation sites excluding steroid dienone is 1. The van der Waals surface area contributed by atoms with Crippen LogP contribution in [0.2, 0.25) is 0 Å². The summed E-state index contributed by atoms with van der Waals surface area (Å²) in [6.45, 7) is 1.71. The minimum absolute atomic E-state index is 0.0394. The van der Waals surface area contributed by atoms with Crippen molar-refractivity contribution in [2.45, 2.75) is 32.3 Å². The minimum atomic E-state index is -0.982. The van der Waals surface area contributed by atoms with Crippen LogP contribution in [0.3, 0.4) is 0 Å². The van der Waals surface area contributed by atoms with Gasteiger partial charge in [0.1, 0.15) is 0 Å². The van der Waals surface area contributed by atoms with Crippen LogP contribution in [0.5, 0.6) is 0 Å². The molecule has 1 heterocycles. The first-order chi connectivity index (χ1) is 11.0. The third-order valence-corrected chi connectivity index (χ3v) is 3.39.